The standard InChI is InChI=1S/C15H22O2.C7H6O2/c1-3-5-8-12(4-2)11-13-9-6-7-10-14(13)15(16)17;8-7(9)6-4-2-1-3-5-6/h6-7,9-10,12H,3-5,8,11H2,1-2H3,(H,16,17);1-5H,(H,8,9). The van der Waals surface area contributed by atoms with Gasteiger partial charge in [-0.3, -0.25) is 0 Å². The van der Waals surface area contributed by atoms with Crippen molar-refractivity contribution in [1.29, 1.82) is 0 Å². The van der Waals surface area contributed by atoms with Crippen molar-refractivity contribution in [3.63, 3.8) is 0 Å². The van der Waals surface area contributed by atoms with Gasteiger partial charge in [0.2, 0.25) is 0 Å². The van der Waals surface area contributed by atoms with E-state index in [1.807, 2.05) is 12.1 Å². The normalized spacial score (nSPS) is 11.2. The van der Waals surface area contributed by atoms with Crippen molar-refractivity contribution in [3.8, 4) is 0 Å². The molecule has 0 fully saturated rings. The van der Waals surface area contributed by atoms with Gasteiger partial charge in [-0.15, -0.1) is 0 Å². The van der Waals surface area contributed by atoms with E-state index in [1.54, 1.807) is 42.5 Å². The van der Waals surface area contributed by atoms with E-state index in [0.29, 0.717) is 17.0 Å². The fourth-order valence-corrected chi connectivity index (χ4v) is 2.74. The van der Waals surface area contributed by atoms with Crippen LogP contribution in [-0.4, -0.2) is 22.2 Å². The minimum atomic E-state index is -0.879. The highest BCUT2D eigenvalue weighted by Gasteiger charge is 2.13. The topological polar surface area (TPSA) is 74.6 Å². The van der Waals surface area contributed by atoms with Crippen LogP contribution in [0.4, 0.5) is 0 Å². The van der Waals surface area contributed by atoms with Crippen LogP contribution in [0, 0.1) is 5.92 Å². The molecule has 140 valence electrons. The van der Waals surface area contributed by atoms with Crippen molar-refractivity contribution in [3.05, 3.63) is 71.3 Å². The number of unbranched alkanes of at least 4 members (excludes halogenated alkanes) is 1. The molecule has 2 aromatic carbocycles. The van der Waals surface area contributed by atoms with Crippen molar-refractivity contribution >= 4 is 11.9 Å². The molecule has 0 heterocycles. The molecule has 0 amide bonds. The predicted octanol–water partition coefficient (Wildman–Crippen LogP) is 5.53. The van der Waals surface area contributed by atoms with E-state index in [0.717, 1.165) is 18.4 Å². The lowest BCUT2D eigenvalue weighted by Crippen LogP contribution is -2.08. The molecular formula is C22H28O4. The van der Waals surface area contributed by atoms with Crippen molar-refractivity contribution in [1.82, 2.24) is 0 Å². The fraction of sp³-hybridized carbons (Fsp3) is 0.364. The second-order valence-electron chi connectivity index (χ2n) is 6.25. The van der Waals surface area contributed by atoms with Crippen LogP contribution in [0.1, 0.15) is 65.8 Å². The monoisotopic (exact) mass is 356 g/mol. The highest BCUT2D eigenvalue weighted by molar-refractivity contribution is 5.89. The average molecular weight is 356 g/mol. The Morgan fingerprint density at radius 3 is 2.00 bits per heavy atom. The molecule has 0 spiro atoms. The summed E-state index contributed by atoms with van der Waals surface area (Å²) in [7, 11) is 0. The molecule has 2 rings (SSSR count). The van der Waals surface area contributed by atoms with Gasteiger partial charge in [0.1, 0.15) is 0 Å². The first-order valence-corrected chi connectivity index (χ1v) is 9.09. The third-order valence-electron chi connectivity index (χ3n) is 4.32. The Morgan fingerprint density at radius 2 is 1.50 bits per heavy atom. The lowest BCUT2D eigenvalue weighted by molar-refractivity contribution is 0.0685. The Bertz CT molecular complexity index is 680. The molecule has 4 heteroatoms. The molecular weight excluding hydrogens is 328 g/mol. The Morgan fingerprint density at radius 1 is 0.885 bits per heavy atom. The van der Waals surface area contributed by atoms with Gasteiger partial charge in [0.25, 0.3) is 0 Å². The van der Waals surface area contributed by atoms with Gasteiger partial charge in [-0.05, 0) is 36.1 Å². The minimum Gasteiger partial charge on any atom is -0.478 e. The van der Waals surface area contributed by atoms with Crippen molar-refractivity contribution in [2.24, 2.45) is 5.92 Å². The van der Waals surface area contributed by atoms with Gasteiger partial charge in [0.15, 0.2) is 0 Å². The van der Waals surface area contributed by atoms with Gasteiger partial charge >= 0.3 is 11.9 Å². The average Bonchev–Trinajstić information content (AvgIpc) is 2.66. The Hall–Kier alpha value is -2.62. The van der Waals surface area contributed by atoms with Crippen LogP contribution >= 0.6 is 0 Å². The number of carbonyl (C=O) groups is 2. The predicted molar refractivity (Wildman–Crippen MR) is 104 cm³/mol. The molecule has 0 aliphatic rings. The highest BCUT2D eigenvalue weighted by atomic mass is 16.4. The Kier molecular flexibility index (Phi) is 9.77. The molecule has 0 aliphatic heterocycles. The van der Waals surface area contributed by atoms with Crippen LogP contribution in [0.5, 0.6) is 0 Å². The molecule has 0 aromatic heterocycles. The quantitative estimate of drug-likeness (QED) is 0.652. The lowest BCUT2D eigenvalue weighted by atomic mass is 9.90. The zero-order valence-corrected chi connectivity index (χ0v) is 15.5. The first-order valence-electron chi connectivity index (χ1n) is 9.09. The summed E-state index contributed by atoms with van der Waals surface area (Å²) in [5.74, 6) is -1.09. The largest absolute Gasteiger partial charge is 0.478 e. The van der Waals surface area contributed by atoms with Crippen LogP contribution < -0.4 is 0 Å². The third-order valence-corrected chi connectivity index (χ3v) is 4.32. The van der Waals surface area contributed by atoms with E-state index in [1.165, 1.54) is 19.3 Å². The van der Waals surface area contributed by atoms with Gasteiger partial charge in [-0.1, -0.05) is 75.9 Å². The van der Waals surface area contributed by atoms with Gasteiger partial charge in [0, 0.05) is 0 Å². The number of aromatic carboxylic acids is 2. The molecule has 1 atom stereocenters. The molecule has 2 aromatic rings. The summed E-state index contributed by atoms with van der Waals surface area (Å²) in [5, 5.41) is 17.5. The van der Waals surface area contributed by atoms with Gasteiger partial charge in [-0.2, -0.15) is 0 Å². The molecule has 4 nitrogen and oxygen atoms in total. The molecule has 0 aliphatic carbocycles. The highest BCUT2D eigenvalue weighted by Crippen LogP contribution is 2.21. The van der Waals surface area contributed by atoms with Crippen LogP contribution in [0.3, 0.4) is 0 Å². The van der Waals surface area contributed by atoms with Crippen molar-refractivity contribution < 1.29 is 19.8 Å². The number of hydrogen-bond donors (Lipinski definition) is 2. The first-order chi connectivity index (χ1) is 12.5. The van der Waals surface area contributed by atoms with E-state index in [2.05, 4.69) is 13.8 Å². The maximum Gasteiger partial charge on any atom is 0.335 e. The van der Waals surface area contributed by atoms with Crippen molar-refractivity contribution in [2.75, 3.05) is 0 Å². The Balaban J connectivity index is 0.000000314. The second-order valence-corrected chi connectivity index (χ2v) is 6.25. The molecule has 0 saturated carbocycles. The minimum absolute atomic E-state index is 0.331. The van der Waals surface area contributed by atoms with E-state index in [4.69, 9.17) is 10.2 Å². The molecule has 1 unspecified atom stereocenters. The van der Waals surface area contributed by atoms with Crippen molar-refractivity contribution in [2.45, 2.75) is 46.0 Å². The van der Waals surface area contributed by atoms with Crippen LogP contribution in [0.25, 0.3) is 0 Å². The van der Waals surface area contributed by atoms with Gasteiger partial charge < -0.3 is 10.2 Å². The maximum absolute atomic E-state index is 11.1. The van der Waals surface area contributed by atoms with Crippen LogP contribution in [0.15, 0.2) is 54.6 Å². The summed E-state index contributed by atoms with van der Waals surface area (Å²) < 4.78 is 0. The maximum atomic E-state index is 11.1. The molecule has 0 saturated heterocycles. The zero-order valence-electron chi connectivity index (χ0n) is 15.5. The first kappa shape index (κ1) is 21.4. The molecule has 26 heavy (non-hydrogen) atoms. The van der Waals surface area contributed by atoms with Crippen LogP contribution in [0.2, 0.25) is 0 Å². The summed E-state index contributed by atoms with van der Waals surface area (Å²) in [6, 6.07) is 15.7. The summed E-state index contributed by atoms with van der Waals surface area (Å²) in [6.45, 7) is 4.38. The molecule has 0 radical (unpaired) electrons. The van der Waals surface area contributed by atoms with Crippen LogP contribution in [-0.2, 0) is 6.42 Å². The van der Waals surface area contributed by atoms with E-state index >= 15 is 0 Å². The van der Waals surface area contributed by atoms with E-state index in [-0.39, 0.29) is 0 Å². The third kappa shape index (κ3) is 7.51. The SMILES string of the molecule is CCCCC(CC)Cc1ccccc1C(=O)O.O=C(O)c1ccccc1. The zero-order chi connectivity index (χ0) is 19.4. The number of carboxylic acid groups (broad SMARTS) is 2. The fourth-order valence-electron chi connectivity index (χ4n) is 2.74. The summed E-state index contributed by atoms with van der Waals surface area (Å²) >= 11 is 0. The van der Waals surface area contributed by atoms with Gasteiger partial charge in [0.05, 0.1) is 11.1 Å². The van der Waals surface area contributed by atoms with E-state index < -0.39 is 11.9 Å². The Labute approximate surface area is 155 Å². The summed E-state index contributed by atoms with van der Waals surface area (Å²) in [6.07, 6.45) is 5.64. The summed E-state index contributed by atoms with van der Waals surface area (Å²) in [4.78, 5) is 21.3. The van der Waals surface area contributed by atoms with Gasteiger partial charge in [-0.25, -0.2) is 9.59 Å². The number of carboxylic acids is 2. The van der Waals surface area contributed by atoms with E-state index in [9.17, 15) is 9.59 Å². The molecule has 2 N–H and O–H groups in total. The smallest absolute Gasteiger partial charge is 0.335 e. The second kappa shape index (κ2) is 11.9. The lowest BCUT2D eigenvalue weighted by Gasteiger charge is -2.15. The number of hydrogen-bond acceptors (Lipinski definition) is 2. The molecule has 0 bridgehead atoms. The number of benzene rings is 2. The summed E-state index contributed by atoms with van der Waals surface area (Å²) in [5.41, 5.74) is 1.77. The number of rotatable bonds is 8.